The number of hydrogen-bond donors (Lipinski definition) is 2. The predicted molar refractivity (Wildman–Crippen MR) is 68.3 cm³/mol. The highest BCUT2D eigenvalue weighted by atomic mass is 16.5. The smallest absolute Gasteiger partial charge is 0.321 e. The van der Waals surface area contributed by atoms with E-state index in [2.05, 4.69) is 5.32 Å². The Balaban J connectivity index is 2.67. The van der Waals surface area contributed by atoms with Gasteiger partial charge in [0.25, 0.3) is 0 Å². The highest BCUT2D eigenvalue weighted by Crippen LogP contribution is 2.17. The van der Waals surface area contributed by atoms with Gasteiger partial charge in [-0.05, 0) is 19.1 Å². The van der Waals surface area contributed by atoms with Crippen LogP contribution in [0, 0.1) is 0 Å². The third-order valence-electron chi connectivity index (χ3n) is 2.64. The van der Waals surface area contributed by atoms with E-state index in [0.29, 0.717) is 18.0 Å². The Morgan fingerprint density at radius 2 is 2.29 bits per heavy atom. The zero-order valence-corrected chi connectivity index (χ0v) is 10.4. The van der Waals surface area contributed by atoms with Crippen molar-refractivity contribution >= 4 is 11.7 Å². The molecule has 1 rings (SSSR count). The third kappa shape index (κ3) is 3.64. The molecule has 0 aliphatic carbocycles. The van der Waals surface area contributed by atoms with Crippen molar-refractivity contribution in [2.24, 2.45) is 5.73 Å². The molecule has 0 radical (unpaired) electrons. The SMILES string of the molecule is COc1cccc(NC(=O)N(C)C(C)CN)c1. The van der Waals surface area contributed by atoms with Gasteiger partial charge in [-0.2, -0.15) is 0 Å². The number of rotatable bonds is 4. The summed E-state index contributed by atoms with van der Waals surface area (Å²) >= 11 is 0. The number of urea groups is 1. The predicted octanol–water partition coefficient (Wildman–Crippen LogP) is 1.51. The van der Waals surface area contributed by atoms with Crippen molar-refractivity contribution in [1.82, 2.24) is 4.90 Å². The number of carbonyl (C=O) groups excluding carboxylic acids is 1. The largest absolute Gasteiger partial charge is 0.497 e. The minimum Gasteiger partial charge on any atom is -0.497 e. The molecular formula is C12H19N3O2. The molecule has 1 aromatic rings. The van der Waals surface area contributed by atoms with Crippen LogP contribution in [0.1, 0.15) is 6.92 Å². The fraction of sp³-hybridized carbons (Fsp3) is 0.417. The minimum atomic E-state index is -0.184. The molecule has 2 amide bonds. The lowest BCUT2D eigenvalue weighted by atomic mass is 10.3. The van der Waals surface area contributed by atoms with Crippen LogP contribution in [-0.4, -0.2) is 37.7 Å². The number of carbonyl (C=O) groups is 1. The first-order valence-electron chi connectivity index (χ1n) is 5.46. The first kappa shape index (κ1) is 13.3. The van der Waals surface area contributed by atoms with Gasteiger partial charge in [0.15, 0.2) is 0 Å². The summed E-state index contributed by atoms with van der Waals surface area (Å²) < 4.78 is 5.08. The molecule has 0 bridgehead atoms. The van der Waals surface area contributed by atoms with Crippen LogP contribution in [0.15, 0.2) is 24.3 Å². The van der Waals surface area contributed by atoms with Crippen LogP contribution in [0.3, 0.4) is 0 Å². The molecule has 0 spiro atoms. The molecule has 0 heterocycles. The van der Waals surface area contributed by atoms with Gasteiger partial charge >= 0.3 is 6.03 Å². The van der Waals surface area contributed by atoms with E-state index >= 15 is 0 Å². The van der Waals surface area contributed by atoms with Crippen molar-refractivity contribution in [3.8, 4) is 5.75 Å². The molecule has 5 heteroatoms. The summed E-state index contributed by atoms with van der Waals surface area (Å²) in [6.45, 7) is 2.33. The average Bonchev–Trinajstić information content (AvgIpc) is 2.37. The molecule has 0 aliphatic heterocycles. The Morgan fingerprint density at radius 3 is 2.88 bits per heavy atom. The fourth-order valence-corrected chi connectivity index (χ4v) is 1.27. The fourth-order valence-electron chi connectivity index (χ4n) is 1.27. The molecule has 1 atom stereocenters. The number of methoxy groups -OCH3 is 1. The van der Waals surface area contributed by atoms with Crippen LogP contribution >= 0.6 is 0 Å². The lowest BCUT2D eigenvalue weighted by Gasteiger charge is -2.23. The second kappa shape index (κ2) is 6.10. The van der Waals surface area contributed by atoms with E-state index in [1.54, 1.807) is 31.2 Å². The van der Waals surface area contributed by atoms with Crippen LogP contribution in [0.25, 0.3) is 0 Å². The number of ether oxygens (including phenoxy) is 1. The van der Waals surface area contributed by atoms with Crippen LogP contribution < -0.4 is 15.8 Å². The number of nitrogens with one attached hydrogen (secondary N) is 1. The number of hydrogen-bond acceptors (Lipinski definition) is 3. The van der Waals surface area contributed by atoms with Gasteiger partial charge in [0.05, 0.1) is 7.11 Å². The quantitative estimate of drug-likeness (QED) is 0.834. The van der Waals surface area contributed by atoms with E-state index in [1.165, 1.54) is 0 Å². The maximum absolute atomic E-state index is 11.8. The summed E-state index contributed by atoms with van der Waals surface area (Å²) in [6, 6.07) is 7.03. The van der Waals surface area contributed by atoms with Crippen LogP contribution in [0.4, 0.5) is 10.5 Å². The van der Waals surface area contributed by atoms with Gasteiger partial charge in [-0.1, -0.05) is 6.07 Å². The molecule has 94 valence electrons. The van der Waals surface area contributed by atoms with Gasteiger partial charge in [-0.15, -0.1) is 0 Å². The Bertz CT molecular complexity index is 382. The van der Waals surface area contributed by atoms with Gasteiger partial charge in [0.2, 0.25) is 0 Å². The van der Waals surface area contributed by atoms with Crippen molar-refractivity contribution in [1.29, 1.82) is 0 Å². The Hall–Kier alpha value is -1.75. The number of likely N-dealkylation sites (N-methyl/N-ethyl adjacent to an activating group) is 1. The number of nitrogens with zero attached hydrogens (tertiary/aromatic N) is 1. The van der Waals surface area contributed by atoms with E-state index in [9.17, 15) is 4.79 Å². The van der Waals surface area contributed by atoms with Gasteiger partial charge in [0, 0.05) is 31.4 Å². The summed E-state index contributed by atoms with van der Waals surface area (Å²) in [6.07, 6.45) is 0. The molecule has 0 aliphatic rings. The number of benzene rings is 1. The van der Waals surface area contributed by atoms with E-state index < -0.39 is 0 Å². The Labute approximate surface area is 102 Å². The first-order chi connectivity index (χ1) is 8.08. The summed E-state index contributed by atoms with van der Waals surface area (Å²) in [5, 5.41) is 2.78. The third-order valence-corrected chi connectivity index (χ3v) is 2.64. The van der Waals surface area contributed by atoms with E-state index in [-0.39, 0.29) is 12.1 Å². The molecule has 3 N–H and O–H groups in total. The molecule has 5 nitrogen and oxygen atoms in total. The molecule has 0 fully saturated rings. The normalized spacial score (nSPS) is 11.8. The molecule has 1 unspecified atom stereocenters. The average molecular weight is 237 g/mol. The zero-order chi connectivity index (χ0) is 12.8. The van der Waals surface area contributed by atoms with Crippen molar-refractivity contribution < 1.29 is 9.53 Å². The highest BCUT2D eigenvalue weighted by molar-refractivity contribution is 5.89. The van der Waals surface area contributed by atoms with Crippen molar-refractivity contribution in [2.45, 2.75) is 13.0 Å². The highest BCUT2D eigenvalue weighted by Gasteiger charge is 2.14. The monoisotopic (exact) mass is 237 g/mol. The molecule has 0 aromatic heterocycles. The lowest BCUT2D eigenvalue weighted by molar-refractivity contribution is 0.209. The number of anilines is 1. The lowest BCUT2D eigenvalue weighted by Crippen LogP contribution is -2.42. The molecule has 1 aromatic carbocycles. The second-order valence-corrected chi connectivity index (χ2v) is 3.86. The molecule has 17 heavy (non-hydrogen) atoms. The maximum atomic E-state index is 11.8. The van der Waals surface area contributed by atoms with Crippen molar-refractivity contribution in [2.75, 3.05) is 26.0 Å². The van der Waals surface area contributed by atoms with Crippen LogP contribution in [-0.2, 0) is 0 Å². The van der Waals surface area contributed by atoms with Gasteiger partial charge in [-0.3, -0.25) is 0 Å². The van der Waals surface area contributed by atoms with Gasteiger partial charge < -0.3 is 20.7 Å². The van der Waals surface area contributed by atoms with E-state index in [1.807, 2.05) is 19.1 Å². The van der Waals surface area contributed by atoms with Crippen molar-refractivity contribution in [3.05, 3.63) is 24.3 Å². The Kier molecular flexibility index (Phi) is 4.78. The maximum Gasteiger partial charge on any atom is 0.321 e. The number of amides is 2. The van der Waals surface area contributed by atoms with E-state index in [4.69, 9.17) is 10.5 Å². The molecular weight excluding hydrogens is 218 g/mol. The number of nitrogens with two attached hydrogens (primary N) is 1. The van der Waals surface area contributed by atoms with Crippen LogP contribution in [0.2, 0.25) is 0 Å². The first-order valence-corrected chi connectivity index (χ1v) is 5.46. The summed E-state index contributed by atoms with van der Waals surface area (Å²) in [7, 11) is 3.30. The summed E-state index contributed by atoms with van der Waals surface area (Å²) in [5.74, 6) is 0.706. The van der Waals surface area contributed by atoms with Gasteiger partial charge in [-0.25, -0.2) is 4.79 Å². The minimum absolute atomic E-state index is 0.000563. The topological polar surface area (TPSA) is 67.6 Å². The zero-order valence-electron chi connectivity index (χ0n) is 10.4. The van der Waals surface area contributed by atoms with E-state index in [0.717, 1.165) is 0 Å². The van der Waals surface area contributed by atoms with Crippen molar-refractivity contribution in [3.63, 3.8) is 0 Å². The molecule has 0 saturated carbocycles. The second-order valence-electron chi connectivity index (χ2n) is 3.86. The summed E-state index contributed by atoms with van der Waals surface area (Å²) in [4.78, 5) is 13.4. The Morgan fingerprint density at radius 1 is 1.59 bits per heavy atom. The molecule has 0 saturated heterocycles. The standard InChI is InChI=1S/C12H19N3O2/c1-9(8-13)15(2)12(16)14-10-5-4-6-11(7-10)17-3/h4-7,9H,8,13H2,1-3H3,(H,14,16). The van der Waals surface area contributed by atoms with Crippen LogP contribution in [0.5, 0.6) is 5.75 Å². The van der Waals surface area contributed by atoms with Gasteiger partial charge in [0.1, 0.15) is 5.75 Å². The summed E-state index contributed by atoms with van der Waals surface area (Å²) in [5.41, 5.74) is 6.21.